The molecule has 2 fully saturated rings. The van der Waals surface area contributed by atoms with Gasteiger partial charge in [-0.15, -0.1) is 0 Å². The molecule has 1 unspecified atom stereocenters. The van der Waals surface area contributed by atoms with Gasteiger partial charge in [-0.2, -0.15) is 0 Å². The maximum absolute atomic E-state index is 13.9. The van der Waals surface area contributed by atoms with Crippen molar-refractivity contribution in [2.45, 2.75) is 51.1 Å². The summed E-state index contributed by atoms with van der Waals surface area (Å²) in [7, 11) is 0. The van der Waals surface area contributed by atoms with E-state index in [0.717, 1.165) is 18.8 Å². The van der Waals surface area contributed by atoms with Gasteiger partial charge in [-0.3, -0.25) is 0 Å². The fourth-order valence-electron chi connectivity index (χ4n) is 3.86. The normalized spacial score (nSPS) is 25.0. The molecular weight excluding hydrogens is 331 g/mol. The van der Waals surface area contributed by atoms with Crippen LogP contribution in [0.4, 0.5) is 10.1 Å². The van der Waals surface area contributed by atoms with Crippen molar-refractivity contribution in [3.8, 4) is 0 Å². The lowest BCUT2D eigenvalue weighted by molar-refractivity contribution is 0.245. The molecule has 0 amide bonds. The number of hydrogen-bond acceptors (Lipinski definition) is 2. The number of halogens is 2. The van der Waals surface area contributed by atoms with E-state index in [4.69, 9.17) is 0 Å². The van der Waals surface area contributed by atoms with E-state index in [9.17, 15) is 4.39 Å². The lowest BCUT2D eigenvalue weighted by Crippen LogP contribution is -2.64. The summed E-state index contributed by atoms with van der Waals surface area (Å²) >= 11 is 3.25. The SMILES string of the molecule is CC(C)C1CNC2(CCCC2)CN1c1ccc(Br)c(F)c1. The summed E-state index contributed by atoms with van der Waals surface area (Å²) < 4.78 is 14.5. The van der Waals surface area contributed by atoms with Gasteiger partial charge < -0.3 is 10.2 Å². The first-order valence-electron chi connectivity index (χ1n) is 7.97. The van der Waals surface area contributed by atoms with E-state index in [1.807, 2.05) is 12.1 Å². The molecule has 1 saturated heterocycles. The van der Waals surface area contributed by atoms with Crippen molar-refractivity contribution in [3.63, 3.8) is 0 Å². The second-order valence-corrected chi connectivity index (χ2v) is 7.76. The van der Waals surface area contributed by atoms with E-state index < -0.39 is 0 Å². The first-order chi connectivity index (χ1) is 10.0. The van der Waals surface area contributed by atoms with Gasteiger partial charge in [-0.25, -0.2) is 4.39 Å². The van der Waals surface area contributed by atoms with Crippen LogP contribution >= 0.6 is 15.9 Å². The van der Waals surface area contributed by atoms with Crippen molar-refractivity contribution >= 4 is 21.6 Å². The molecule has 2 aliphatic rings. The van der Waals surface area contributed by atoms with Gasteiger partial charge in [-0.1, -0.05) is 26.7 Å². The molecule has 1 spiro atoms. The van der Waals surface area contributed by atoms with Gasteiger partial charge >= 0.3 is 0 Å². The minimum atomic E-state index is -0.172. The Morgan fingerprint density at radius 3 is 2.67 bits per heavy atom. The molecule has 1 heterocycles. The molecule has 2 nitrogen and oxygen atoms in total. The van der Waals surface area contributed by atoms with Crippen molar-refractivity contribution in [2.24, 2.45) is 5.92 Å². The fraction of sp³-hybridized carbons (Fsp3) is 0.647. The average molecular weight is 355 g/mol. The van der Waals surface area contributed by atoms with Crippen LogP contribution in [0.15, 0.2) is 22.7 Å². The van der Waals surface area contributed by atoms with Crippen LogP contribution in [0.3, 0.4) is 0 Å². The molecule has 1 aliphatic carbocycles. The molecule has 1 aromatic rings. The molecule has 0 radical (unpaired) electrons. The molecule has 1 saturated carbocycles. The van der Waals surface area contributed by atoms with Crippen LogP contribution in [-0.4, -0.2) is 24.7 Å². The summed E-state index contributed by atoms with van der Waals surface area (Å²) in [6, 6.07) is 5.96. The Morgan fingerprint density at radius 1 is 1.33 bits per heavy atom. The first-order valence-corrected chi connectivity index (χ1v) is 8.77. The van der Waals surface area contributed by atoms with Gasteiger partial charge in [0.2, 0.25) is 0 Å². The van der Waals surface area contributed by atoms with Crippen molar-refractivity contribution in [1.29, 1.82) is 0 Å². The Morgan fingerprint density at radius 2 is 2.05 bits per heavy atom. The smallest absolute Gasteiger partial charge is 0.139 e. The molecule has 1 atom stereocenters. The Labute approximate surface area is 135 Å². The molecule has 1 N–H and O–H groups in total. The summed E-state index contributed by atoms with van der Waals surface area (Å²) in [5.74, 6) is 0.372. The zero-order chi connectivity index (χ0) is 15.0. The summed E-state index contributed by atoms with van der Waals surface area (Å²) in [5, 5.41) is 3.81. The van der Waals surface area contributed by atoms with Gasteiger partial charge in [0.05, 0.1) is 4.47 Å². The van der Waals surface area contributed by atoms with Crippen molar-refractivity contribution in [2.75, 3.05) is 18.0 Å². The number of anilines is 1. The zero-order valence-electron chi connectivity index (χ0n) is 12.8. The number of benzene rings is 1. The minimum absolute atomic E-state index is 0.172. The van der Waals surface area contributed by atoms with E-state index in [-0.39, 0.29) is 11.4 Å². The highest BCUT2D eigenvalue weighted by atomic mass is 79.9. The van der Waals surface area contributed by atoms with Gasteiger partial charge in [0.1, 0.15) is 5.82 Å². The predicted molar refractivity (Wildman–Crippen MR) is 89.3 cm³/mol. The lowest BCUT2D eigenvalue weighted by atomic mass is 9.88. The van der Waals surface area contributed by atoms with Crippen LogP contribution in [-0.2, 0) is 0 Å². The molecule has 3 rings (SSSR count). The molecule has 4 heteroatoms. The van der Waals surface area contributed by atoms with E-state index in [1.165, 1.54) is 25.7 Å². The summed E-state index contributed by atoms with van der Waals surface area (Å²) in [4.78, 5) is 2.43. The van der Waals surface area contributed by atoms with Crippen LogP contribution < -0.4 is 10.2 Å². The van der Waals surface area contributed by atoms with Crippen LogP contribution in [0, 0.1) is 11.7 Å². The monoisotopic (exact) mass is 354 g/mol. The number of nitrogens with one attached hydrogen (secondary N) is 1. The predicted octanol–water partition coefficient (Wildman–Crippen LogP) is 4.34. The summed E-state index contributed by atoms with van der Waals surface area (Å²) in [6.45, 7) is 6.49. The third kappa shape index (κ3) is 2.98. The number of piperazine rings is 1. The fourth-order valence-corrected chi connectivity index (χ4v) is 4.11. The van der Waals surface area contributed by atoms with Crippen LogP contribution in [0.1, 0.15) is 39.5 Å². The van der Waals surface area contributed by atoms with Crippen molar-refractivity contribution in [3.05, 3.63) is 28.5 Å². The maximum atomic E-state index is 13.9. The third-order valence-corrected chi connectivity index (χ3v) is 5.77. The second-order valence-electron chi connectivity index (χ2n) is 6.91. The Hall–Kier alpha value is -0.610. The highest BCUT2D eigenvalue weighted by molar-refractivity contribution is 9.10. The summed E-state index contributed by atoms with van der Waals surface area (Å²) in [5.41, 5.74) is 1.26. The molecule has 0 aromatic heterocycles. The highest BCUT2D eigenvalue weighted by Gasteiger charge is 2.41. The third-order valence-electron chi connectivity index (χ3n) is 5.12. The largest absolute Gasteiger partial charge is 0.365 e. The van der Waals surface area contributed by atoms with E-state index >= 15 is 0 Å². The van der Waals surface area contributed by atoms with E-state index in [1.54, 1.807) is 6.07 Å². The lowest BCUT2D eigenvalue weighted by Gasteiger charge is -2.49. The van der Waals surface area contributed by atoms with Crippen molar-refractivity contribution in [1.82, 2.24) is 5.32 Å². The maximum Gasteiger partial charge on any atom is 0.139 e. The van der Waals surface area contributed by atoms with Crippen LogP contribution in [0.2, 0.25) is 0 Å². The molecule has 1 aromatic carbocycles. The average Bonchev–Trinajstić information content (AvgIpc) is 2.89. The number of hydrogen-bond donors (Lipinski definition) is 1. The molecular formula is C17H24BrFN2. The molecule has 0 bridgehead atoms. The molecule has 21 heavy (non-hydrogen) atoms. The van der Waals surface area contributed by atoms with Crippen molar-refractivity contribution < 1.29 is 4.39 Å². The topological polar surface area (TPSA) is 15.3 Å². The van der Waals surface area contributed by atoms with Gasteiger partial charge in [0.25, 0.3) is 0 Å². The number of nitrogens with zero attached hydrogens (tertiary/aromatic N) is 1. The van der Waals surface area contributed by atoms with E-state index in [0.29, 0.717) is 16.4 Å². The quantitative estimate of drug-likeness (QED) is 0.849. The Bertz CT molecular complexity index is 512. The Balaban J connectivity index is 1.91. The van der Waals surface area contributed by atoms with Gasteiger partial charge in [-0.05, 0) is 52.9 Å². The first kappa shape index (κ1) is 15.3. The summed E-state index contributed by atoms with van der Waals surface area (Å²) in [6.07, 6.45) is 5.10. The van der Waals surface area contributed by atoms with E-state index in [2.05, 4.69) is 40.0 Å². The molecule has 1 aliphatic heterocycles. The minimum Gasteiger partial charge on any atom is -0.365 e. The zero-order valence-corrected chi connectivity index (χ0v) is 14.4. The Kier molecular flexibility index (Phi) is 4.28. The van der Waals surface area contributed by atoms with Gasteiger partial charge in [0.15, 0.2) is 0 Å². The van der Waals surface area contributed by atoms with Crippen LogP contribution in [0.25, 0.3) is 0 Å². The second kappa shape index (κ2) is 5.88. The van der Waals surface area contributed by atoms with Crippen LogP contribution in [0.5, 0.6) is 0 Å². The molecule has 116 valence electrons. The standard InChI is InChI=1S/C17H24BrFN2/c1-12(2)16-10-20-17(7-3-4-8-17)11-21(16)13-5-6-14(18)15(19)9-13/h5-6,9,12,16,20H,3-4,7-8,10-11H2,1-2H3. The van der Waals surface area contributed by atoms with Gasteiger partial charge in [0, 0.05) is 30.4 Å². The highest BCUT2D eigenvalue weighted by Crippen LogP contribution is 2.37. The number of rotatable bonds is 2.